The van der Waals surface area contributed by atoms with Crippen LogP contribution in [0.4, 0.5) is 19.3 Å². The summed E-state index contributed by atoms with van der Waals surface area (Å²) in [5, 5.41) is 2.21. The number of nitrogens with one attached hydrogen (secondary N) is 1. The van der Waals surface area contributed by atoms with E-state index >= 15 is 0 Å². The first kappa shape index (κ1) is 14.7. The van der Waals surface area contributed by atoms with Crippen LogP contribution < -0.4 is 5.32 Å². The summed E-state index contributed by atoms with van der Waals surface area (Å²) in [6.07, 6.45) is 0.180. The van der Waals surface area contributed by atoms with Crippen LogP contribution in [-0.2, 0) is 9.47 Å². The fraction of sp³-hybridized carbons (Fsp3) is 0.462. The van der Waals surface area contributed by atoms with E-state index in [-0.39, 0.29) is 6.29 Å². The van der Waals surface area contributed by atoms with Crippen LogP contribution in [0.15, 0.2) is 18.2 Å². The van der Waals surface area contributed by atoms with Crippen molar-refractivity contribution >= 4 is 11.7 Å². The summed E-state index contributed by atoms with van der Waals surface area (Å²) < 4.78 is 37.3. The van der Waals surface area contributed by atoms with Crippen molar-refractivity contribution in [3.63, 3.8) is 0 Å². The molecule has 2 amide bonds. The number of amides is 2. The van der Waals surface area contributed by atoms with Crippen LogP contribution in [0.25, 0.3) is 0 Å². The molecule has 110 valence electrons. The number of urea groups is 1. The minimum absolute atomic E-state index is 0.324. The van der Waals surface area contributed by atoms with Crippen LogP contribution in [0.3, 0.4) is 0 Å². The number of hydrogen-bond acceptors (Lipinski definition) is 3. The van der Waals surface area contributed by atoms with Crippen LogP contribution in [0.1, 0.15) is 6.42 Å². The highest BCUT2D eigenvalue weighted by Gasteiger charge is 2.19. The molecule has 1 aliphatic rings. The molecule has 7 heteroatoms. The van der Waals surface area contributed by atoms with Crippen molar-refractivity contribution in [3.8, 4) is 0 Å². The molecule has 0 aliphatic carbocycles. The minimum atomic E-state index is -0.811. The Kier molecular flexibility index (Phi) is 4.86. The minimum Gasteiger partial charge on any atom is -0.350 e. The highest BCUT2D eigenvalue weighted by Crippen LogP contribution is 2.18. The van der Waals surface area contributed by atoms with Gasteiger partial charge in [0.05, 0.1) is 13.2 Å². The predicted octanol–water partition coefficient (Wildman–Crippen LogP) is 2.19. The molecule has 0 aromatic heterocycles. The lowest BCUT2D eigenvalue weighted by atomic mass is 10.3. The SMILES string of the molecule is CN(CCC1OCCO1)C(=O)Nc1c(F)cccc1F. The Morgan fingerprint density at radius 2 is 1.95 bits per heavy atom. The van der Waals surface area contributed by atoms with Gasteiger partial charge in [-0.1, -0.05) is 6.07 Å². The average Bonchev–Trinajstić information content (AvgIpc) is 2.93. The summed E-state index contributed by atoms with van der Waals surface area (Å²) in [6, 6.07) is 2.81. The number of nitrogens with zero attached hydrogens (tertiary/aromatic N) is 1. The first-order chi connectivity index (χ1) is 9.58. The number of ether oxygens (including phenoxy) is 2. The molecular formula is C13H16F2N2O3. The number of carbonyl (C=O) groups excluding carboxylic acids is 1. The molecule has 20 heavy (non-hydrogen) atoms. The van der Waals surface area contributed by atoms with Crippen molar-refractivity contribution in [3.05, 3.63) is 29.8 Å². The molecule has 0 unspecified atom stereocenters. The van der Waals surface area contributed by atoms with E-state index in [1.54, 1.807) is 0 Å². The first-order valence-corrected chi connectivity index (χ1v) is 6.27. The maximum Gasteiger partial charge on any atom is 0.321 e. The number of para-hydroxylation sites is 1. The van der Waals surface area contributed by atoms with Gasteiger partial charge in [-0.25, -0.2) is 13.6 Å². The average molecular weight is 286 g/mol. The van der Waals surface area contributed by atoms with Crippen molar-refractivity contribution in [1.82, 2.24) is 4.90 Å². The van der Waals surface area contributed by atoms with Gasteiger partial charge in [-0.05, 0) is 12.1 Å². The summed E-state index contributed by atoms with van der Waals surface area (Å²) in [6.45, 7) is 1.44. The molecule has 5 nitrogen and oxygen atoms in total. The lowest BCUT2D eigenvalue weighted by Gasteiger charge is -2.19. The lowest BCUT2D eigenvalue weighted by molar-refractivity contribution is -0.0488. The number of hydrogen-bond donors (Lipinski definition) is 1. The second-order valence-corrected chi connectivity index (χ2v) is 4.41. The van der Waals surface area contributed by atoms with Crippen molar-refractivity contribution in [2.24, 2.45) is 0 Å². The van der Waals surface area contributed by atoms with Gasteiger partial charge in [0.2, 0.25) is 0 Å². The fourth-order valence-electron chi connectivity index (χ4n) is 1.79. The Bertz CT molecular complexity index is 458. The zero-order valence-electron chi connectivity index (χ0n) is 11.1. The molecule has 1 aliphatic heterocycles. The second-order valence-electron chi connectivity index (χ2n) is 4.41. The van der Waals surface area contributed by atoms with Crippen LogP contribution in [0.2, 0.25) is 0 Å². The topological polar surface area (TPSA) is 50.8 Å². The normalized spacial score (nSPS) is 15.3. The molecular weight excluding hydrogens is 270 g/mol. The van der Waals surface area contributed by atoms with E-state index < -0.39 is 23.4 Å². The summed E-state index contributed by atoms with van der Waals surface area (Å²) in [5.74, 6) is -1.62. The van der Waals surface area contributed by atoms with Crippen LogP contribution in [0.5, 0.6) is 0 Å². The maximum atomic E-state index is 13.4. The lowest BCUT2D eigenvalue weighted by Crippen LogP contribution is -2.34. The zero-order chi connectivity index (χ0) is 14.5. The van der Waals surface area contributed by atoms with Gasteiger partial charge in [0.1, 0.15) is 17.3 Å². The summed E-state index contributed by atoms with van der Waals surface area (Å²) in [4.78, 5) is 13.1. The molecule has 1 saturated heterocycles. The van der Waals surface area contributed by atoms with Gasteiger partial charge in [0.15, 0.2) is 6.29 Å². The van der Waals surface area contributed by atoms with Gasteiger partial charge < -0.3 is 19.7 Å². The number of benzene rings is 1. The zero-order valence-corrected chi connectivity index (χ0v) is 11.1. The molecule has 0 saturated carbocycles. The highest BCUT2D eigenvalue weighted by atomic mass is 19.1. The molecule has 0 radical (unpaired) electrons. The largest absolute Gasteiger partial charge is 0.350 e. The van der Waals surface area contributed by atoms with Gasteiger partial charge in [0, 0.05) is 20.0 Å². The maximum absolute atomic E-state index is 13.4. The van der Waals surface area contributed by atoms with Crippen molar-refractivity contribution in [2.45, 2.75) is 12.7 Å². The molecule has 0 atom stereocenters. The molecule has 2 rings (SSSR count). The summed E-state index contributed by atoms with van der Waals surface area (Å²) in [5.41, 5.74) is -0.447. The van der Waals surface area contributed by atoms with Crippen LogP contribution in [0, 0.1) is 11.6 Å². The van der Waals surface area contributed by atoms with E-state index in [9.17, 15) is 13.6 Å². The molecule has 0 bridgehead atoms. The second kappa shape index (κ2) is 6.62. The number of anilines is 1. The first-order valence-electron chi connectivity index (χ1n) is 6.27. The van der Waals surface area contributed by atoms with E-state index in [1.807, 2.05) is 0 Å². The number of halogens is 2. The Morgan fingerprint density at radius 3 is 2.55 bits per heavy atom. The Balaban J connectivity index is 1.87. The van der Waals surface area contributed by atoms with Crippen LogP contribution >= 0.6 is 0 Å². The standard InChI is InChI=1S/C13H16F2N2O3/c1-17(6-5-11-19-7-8-20-11)13(18)16-12-9(14)3-2-4-10(12)15/h2-4,11H,5-8H2,1H3,(H,16,18). The van der Waals surface area contributed by atoms with Gasteiger partial charge in [-0.15, -0.1) is 0 Å². The van der Waals surface area contributed by atoms with Gasteiger partial charge in [-0.3, -0.25) is 0 Å². The van der Waals surface area contributed by atoms with E-state index in [1.165, 1.54) is 18.0 Å². The molecule has 1 N–H and O–H groups in total. The third-order valence-electron chi connectivity index (χ3n) is 2.93. The van der Waals surface area contributed by atoms with Gasteiger partial charge in [-0.2, -0.15) is 0 Å². The predicted molar refractivity (Wildman–Crippen MR) is 68.3 cm³/mol. The van der Waals surface area contributed by atoms with Crippen molar-refractivity contribution in [2.75, 3.05) is 32.1 Å². The summed E-state index contributed by atoms with van der Waals surface area (Å²) in [7, 11) is 1.53. The Labute approximate surface area is 115 Å². The van der Waals surface area contributed by atoms with E-state index in [0.717, 1.165) is 12.1 Å². The molecule has 1 heterocycles. The molecule has 0 spiro atoms. The smallest absolute Gasteiger partial charge is 0.321 e. The Morgan fingerprint density at radius 1 is 1.35 bits per heavy atom. The van der Waals surface area contributed by atoms with E-state index in [4.69, 9.17) is 9.47 Å². The van der Waals surface area contributed by atoms with Crippen molar-refractivity contribution in [1.29, 1.82) is 0 Å². The molecule has 1 aromatic rings. The Hall–Kier alpha value is -1.73. The fourth-order valence-corrected chi connectivity index (χ4v) is 1.79. The highest BCUT2D eigenvalue weighted by molar-refractivity contribution is 5.89. The van der Waals surface area contributed by atoms with Crippen LogP contribution in [-0.4, -0.2) is 44.0 Å². The molecule has 1 aromatic carbocycles. The quantitative estimate of drug-likeness (QED) is 0.923. The molecule has 1 fully saturated rings. The van der Waals surface area contributed by atoms with Gasteiger partial charge >= 0.3 is 6.03 Å². The third kappa shape index (κ3) is 3.64. The van der Waals surface area contributed by atoms with Crippen molar-refractivity contribution < 1.29 is 23.0 Å². The number of rotatable bonds is 4. The summed E-state index contributed by atoms with van der Waals surface area (Å²) >= 11 is 0. The van der Waals surface area contributed by atoms with E-state index in [2.05, 4.69) is 5.32 Å². The third-order valence-corrected chi connectivity index (χ3v) is 2.93. The number of carbonyl (C=O) groups is 1. The monoisotopic (exact) mass is 286 g/mol. The van der Waals surface area contributed by atoms with E-state index in [0.29, 0.717) is 26.2 Å². The van der Waals surface area contributed by atoms with Gasteiger partial charge in [0.25, 0.3) is 0 Å².